The number of methoxy groups -OCH3 is 1. The summed E-state index contributed by atoms with van der Waals surface area (Å²) in [6.07, 6.45) is 1.97. The molecular formula is C14H20O3. The van der Waals surface area contributed by atoms with Gasteiger partial charge in [0.1, 0.15) is 6.79 Å². The third kappa shape index (κ3) is 4.69. The highest BCUT2D eigenvalue weighted by atomic mass is 16.7. The van der Waals surface area contributed by atoms with Crippen molar-refractivity contribution >= 4 is 0 Å². The zero-order valence-corrected chi connectivity index (χ0v) is 10.2. The van der Waals surface area contributed by atoms with Crippen LogP contribution in [0.1, 0.15) is 18.1 Å². The van der Waals surface area contributed by atoms with Crippen molar-refractivity contribution in [3.63, 3.8) is 0 Å². The van der Waals surface area contributed by atoms with Crippen LogP contribution in [0.5, 0.6) is 0 Å². The van der Waals surface area contributed by atoms with Gasteiger partial charge in [-0.05, 0) is 12.0 Å². The van der Waals surface area contributed by atoms with Crippen LogP contribution in [0.15, 0.2) is 43.0 Å². The standard InChI is InChI=1S/C14H20O3/c1-3-12(9-10-17-11-16-2)14(15)13-7-5-4-6-8-13/h3-8,12,14-15H,1,9-11H2,2H3/t12-,14+/m1/s1. The number of benzene rings is 1. The Morgan fingerprint density at radius 1 is 1.35 bits per heavy atom. The summed E-state index contributed by atoms with van der Waals surface area (Å²) in [6.45, 7) is 4.59. The van der Waals surface area contributed by atoms with E-state index in [2.05, 4.69) is 6.58 Å². The molecule has 2 atom stereocenters. The minimum absolute atomic E-state index is 0.00532. The fraction of sp³-hybridized carbons (Fsp3) is 0.429. The van der Waals surface area contributed by atoms with E-state index in [1.807, 2.05) is 30.3 Å². The summed E-state index contributed by atoms with van der Waals surface area (Å²) in [4.78, 5) is 0. The SMILES string of the molecule is C=C[C@H](CCOCOC)[C@H](O)c1ccccc1. The molecule has 0 unspecified atom stereocenters. The van der Waals surface area contributed by atoms with Gasteiger partial charge in [0, 0.05) is 13.0 Å². The van der Waals surface area contributed by atoms with Crippen molar-refractivity contribution in [3.8, 4) is 0 Å². The molecule has 3 nitrogen and oxygen atoms in total. The molecular weight excluding hydrogens is 216 g/mol. The second kappa shape index (κ2) is 8.01. The van der Waals surface area contributed by atoms with Gasteiger partial charge in [0.15, 0.2) is 0 Å². The number of rotatable bonds is 8. The highest BCUT2D eigenvalue weighted by molar-refractivity contribution is 5.19. The van der Waals surface area contributed by atoms with Gasteiger partial charge in [-0.1, -0.05) is 36.4 Å². The molecule has 1 rings (SSSR count). The van der Waals surface area contributed by atoms with E-state index in [-0.39, 0.29) is 12.7 Å². The monoisotopic (exact) mass is 236 g/mol. The van der Waals surface area contributed by atoms with Gasteiger partial charge in [-0.3, -0.25) is 0 Å². The normalized spacial score (nSPS) is 14.2. The Morgan fingerprint density at radius 2 is 2.06 bits per heavy atom. The Bertz CT molecular complexity index is 311. The van der Waals surface area contributed by atoms with E-state index >= 15 is 0 Å². The van der Waals surface area contributed by atoms with Crippen molar-refractivity contribution in [2.45, 2.75) is 12.5 Å². The molecule has 94 valence electrons. The van der Waals surface area contributed by atoms with Crippen molar-refractivity contribution < 1.29 is 14.6 Å². The van der Waals surface area contributed by atoms with E-state index in [0.717, 1.165) is 12.0 Å². The van der Waals surface area contributed by atoms with Crippen LogP contribution in [0, 0.1) is 5.92 Å². The topological polar surface area (TPSA) is 38.7 Å². The molecule has 0 spiro atoms. The summed E-state index contributed by atoms with van der Waals surface area (Å²) >= 11 is 0. The largest absolute Gasteiger partial charge is 0.388 e. The number of aliphatic hydroxyl groups excluding tert-OH is 1. The highest BCUT2D eigenvalue weighted by Crippen LogP contribution is 2.25. The lowest BCUT2D eigenvalue weighted by Crippen LogP contribution is -2.13. The lowest BCUT2D eigenvalue weighted by molar-refractivity contribution is -0.0374. The van der Waals surface area contributed by atoms with E-state index in [1.54, 1.807) is 13.2 Å². The number of hydrogen-bond acceptors (Lipinski definition) is 3. The van der Waals surface area contributed by atoms with E-state index < -0.39 is 6.10 Å². The van der Waals surface area contributed by atoms with E-state index in [9.17, 15) is 5.11 Å². The van der Waals surface area contributed by atoms with E-state index in [4.69, 9.17) is 9.47 Å². The molecule has 1 aromatic rings. The second-order valence-electron chi connectivity index (χ2n) is 3.86. The minimum Gasteiger partial charge on any atom is -0.388 e. The number of hydrogen-bond donors (Lipinski definition) is 1. The molecule has 1 N–H and O–H groups in total. The van der Waals surface area contributed by atoms with Crippen molar-refractivity contribution in [1.29, 1.82) is 0 Å². The third-order valence-corrected chi connectivity index (χ3v) is 2.65. The summed E-state index contributed by atoms with van der Waals surface area (Å²) in [5.74, 6) is -0.00532. The molecule has 17 heavy (non-hydrogen) atoms. The highest BCUT2D eigenvalue weighted by Gasteiger charge is 2.17. The molecule has 0 aromatic heterocycles. The Hall–Kier alpha value is -1.16. The van der Waals surface area contributed by atoms with Gasteiger partial charge in [0.2, 0.25) is 0 Å². The maximum atomic E-state index is 10.2. The van der Waals surface area contributed by atoms with Gasteiger partial charge in [-0.2, -0.15) is 0 Å². The van der Waals surface area contributed by atoms with E-state index in [0.29, 0.717) is 6.61 Å². The summed E-state index contributed by atoms with van der Waals surface area (Å²) < 4.78 is 10.0. The molecule has 0 fully saturated rings. The fourth-order valence-electron chi connectivity index (χ4n) is 1.66. The number of aliphatic hydroxyl groups is 1. The molecule has 0 aliphatic rings. The van der Waals surface area contributed by atoms with Gasteiger partial charge < -0.3 is 14.6 Å². The lowest BCUT2D eigenvalue weighted by Gasteiger charge is -2.19. The van der Waals surface area contributed by atoms with Gasteiger partial charge in [0.05, 0.1) is 12.7 Å². The maximum absolute atomic E-state index is 10.2. The minimum atomic E-state index is -0.528. The van der Waals surface area contributed by atoms with Gasteiger partial charge in [-0.25, -0.2) is 0 Å². The lowest BCUT2D eigenvalue weighted by atomic mass is 9.93. The summed E-state index contributed by atoms with van der Waals surface area (Å²) in [5, 5.41) is 10.2. The first kappa shape index (κ1) is 13.9. The van der Waals surface area contributed by atoms with Crippen LogP contribution in [0.4, 0.5) is 0 Å². The van der Waals surface area contributed by atoms with Crippen molar-refractivity contribution in [2.75, 3.05) is 20.5 Å². The molecule has 0 heterocycles. The second-order valence-corrected chi connectivity index (χ2v) is 3.86. The molecule has 1 aromatic carbocycles. The summed E-state index contributed by atoms with van der Waals surface area (Å²) in [6, 6.07) is 9.59. The van der Waals surface area contributed by atoms with Crippen LogP contribution in [0.3, 0.4) is 0 Å². The van der Waals surface area contributed by atoms with Crippen molar-refractivity contribution in [2.24, 2.45) is 5.92 Å². The Morgan fingerprint density at radius 3 is 2.65 bits per heavy atom. The van der Waals surface area contributed by atoms with Gasteiger partial charge in [0.25, 0.3) is 0 Å². The first-order valence-electron chi connectivity index (χ1n) is 5.71. The molecule has 0 saturated heterocycles. The predicted octanol–water partition coefficient (Wildman–Crippen LogP) is 2.53. The van der Waals surface area contributed by atoms with Gasteiger partial charge in [-0.15, -0.1) is 6.58 Å². The maximum Gasteiger partial charge on any atom is 0.146 e. The molecule has 0 bridgehead atoms. The zero-order valence-electron chi connectivity index (χ0n) is 10.2. The Balaban J connectivity index is 2.47. The zero-order chi connectivity index (χ0) is 12.5. The molecule has 0 saturated carbocycles. The average Bonchev–Trinajstić information content (AvgIpc) is 2.39. The van der Waals surface area contributed by atoms with Crippen LogP contribution in [-0.2, 0) is 9.47 Å². The quantitative estimate of drug-likeness (QED) is 0.428. The molecule has 0 radical (unpaired) electrons. The number of ether oxygens (including phenoxy) is 2. The third-order valence-electron chi connectivity index (χ3n) is 2.65. The molecule has 0 amide bonds. The van der Waals surface area contributed by atoms with Crippen LogP contribution >= 0.6 is 0 Å². The molecule has 0 aliphatic heterocycles. The first-order valence-corrected chi connectivity index (χ1v) is 5.71. The Kier molecular flexibility index (Phi) is 6.55. The first-order chi connectivity index (χ1) is 8.29. The molecule has 0 aliphatic carbocycles. The smallest absolute Gasteiger partial charge is 0.146 e. The van der Waals surface area contributed by atoms with Crippen LogP contribution < -0.4 is 0 Å². The van der Waals surface area contributed by atoms with Crippen molar-refractivity contribution in [3.05, 3.63) is 48.6 Å². The van der Waals surface area contributed by atoms with E-state index in [1.165, 1.54) is 0 Å². The summed E-state index contributed by atoms with van der Waals surface area (Å²) in [7, 11) is 1.59. The van der Waals surface area contributed by atoms with Gasteiger partial charge >= 0.3 is 0 Å². The van der Waals surface area contributed by atoms with Crippen molar-refractivity contribution in [1.82, 2.24) is 0 Å². The van der Waals surface area contributed by atoms with Crippen LogP contribution in [0.2, 0.25) is 0 Å². The fourth-order valence-corrected chi connectivity index (χ4v) is 1.66. The predicted molar refractivity (Wildman–Crippen MR) is 67.5 cm³/mol. The summed E-state index contributed by atoms with van der Waals surface area (Å²) in [5.41, 5.74) is 0.907. The Labute approximate surface area is 103 Å². The van der Waals surface area contributed by atoms with Crippen LogP contribution in [0.25, 0.3) is 0 Å². The molecule has 3 heteroatoms. The van der Waals surface area contributed by atoms with Crippen LogP contribution in [-0.4, -0.2) is 25.6 Å². The average molecular weight is 236 g/mol.